The van der Waals surface area contributed by atoms with E-state index in [-0.39, 0.29) is 5.91 Å². The Hall–Kier alpha value is -2.22. The minimum Gasteiger partial charge on any atom is -0.449 e. The molecular formula is C15H18N2O3. The molecule has 0 fully saturated rings. The highest BCUT2D eigenvalue weighted by molar-refractivity contribution is 5.96. The van der Waals surface area contributed by atoms with E-state index >= 15 is 0 Å². The molecule has 1 atom stereocenters. The highest BCUT2D eigenvalue weighted by Gasteiger charge is 2.35. The van der Waals surface area contributed by atoms with Crippen molar-refractivity contribution >= 4 is 11.6 Å². The van der Waals surface area contributed by atoms with Crippen LogP contribution in [0.25, 0.3) is 0 Å². The van der Waals surface area contributed by atoms with Crippen LogP contribution in [0.3, 0.4) is 0 Å². The van der Waals surface area contributed by atoms with Gasteiger partial charge in [-0.1, -0.05) is 6.92 Å². The van der Waals surface area contributed by atoms with E-state index in [9.17, 15) is 4.79 Å². The summed E-state index contributed by atoms with van der Waals surface area (Å²) in [5.74, 6) is 0.252. The van der Waals surface area contributed by atoms with Gasteiger partial charge < -0.3 is 14.8 Å². The van der Waals surface area contributed by atoms with E-state index in [1.807, 2.05) is 19.9 Å². The normalized spacial score (nSPS) is 20.4. The Balaban J connectivity index is 2.17. The monoisotopic (exact) mass is 274 g/mol. The van der Waals surface area contributed by atoms with E-state index in [0.29, 0.717) is 23.6 Å². The second-order valence-corrected chi connectivity index (χ2v) is 5.54. The maximum absolute atomic E-state index is 11.9. The van der Waals surface area contributed by atoms with Gasteiger partial charge in [-0.25, -0.2) is 0 Å². The van der Waals surface area contributed by atoms with Gasteiger partial charge in [-0.3, -0.25) is 4.79 Å². The van der Waals surface area contributed by atoms with Crippen LogP contribution in [0.5, 0.6) is 11.5 Å². The molecule has 0 radical (unpaired) electrons. The molecule has 20 heavy (non-hydrogen) atoms. The van der Waals surface area contributed by atoms with Crippen molar-refractivity contribution in [3.63, 3.8) is 0 Å². The summed E-state index contributed by atoms with van der Waals surface area (Å²) in [6.45, 7) is 6.99. The lowest BCUT2D eigenvalue weighted by Crippen LogP contribution is -2.33. The number of nitrogens with zero attached hydrogens (tertiary/aromatic N) is 1. The summed E-state index contributed by atoms with van der Waals surface area (Å²) in [4.78, 5) is 11.9. The van der Waals surface area contributed by atoms with Crippen LogP contribution in [-0.2, 0) is 4.79 Å². The van der Waals surface area contributed by atoms with Gasteiger partial charge in [0.25, 0.3) is 0 Å². The van der Waals surface area contributed by atoms with Gasteiger partial charge >= 0.3 is 0 Å². The highest BCUT2D eigenvalue weighted by atomic mass is 16.7. The average Bonchev–Trinajstić information content (AvgIpc) is 2.75. The molecule has 1 amide bonds. The summed E-state index contributed by atoms with van der Waals surface area (Å²) in [5, 5.41) is 11.7. The van der Waals surface area contributed by atoms with Gasteiger partial charge in [-0.15, -0.1) is 0 Å². The van der Waals surface area contributed by atoms with Gasteiger partial charge in [-0.2, -0.15) is 5.26 Å². The number of fused-ring (bicyclic) bond motifs is 1. The van der Waals surface area contributed by atoms with Crippen molar-refractivity contribution in [2.24, 2.45) is 5.41 Å². The summed E-state index contributed by atoms with van der Waals surface area (Å²) in [7, 11) is 0. The van der Waals surface area contributed by atoms with E-state index in [1.54, 1.807) is 32.0 Å². The predicted molar refractivity (Wildman–Crippen MR) is 74.4 cm³/mol. The molecule has 1 aliphatic heterocycles. The molecule has 1 aromatic rings. The lowest BCUT2D eigenvalue weighted by molar-refractivity contribution is -0.121. The number of ether oxygens (including phenoxy) is 2. The first-order valence-electron chi connectivity index (χ1n) is 6.54. The smallest absolute Gasteiger partial charge is 0.248 e. The molecule has 1 aromatic carbocycles. The number of carbonyl (C=O) groups excluding carboxylic acids is 1. The third-order valence-corrected chi connectivity index (χ3v) is 3.34. The van der Waals surface area contributed by atoms with Crippen LogP contribution in [0.1, 0.15) is 34.1 Å². The average molecular weight is 274 g/mol. The summed E-state index contributed by atoms with van der Waals surface area (Å²) < 4.78 is 11.4. The molecule has 0 saturated carbocycles. The topological polar surface area (TPSA) is 71.3 Å². The Labute approximate surface area is 118 Å². The number of anilines is 1. The first-order chi connectivity index (χ1) is 9.29. The molecule has 1 aliphatic rings. The summed E-state index contributed by atoms with van der Waals surface area (Å²) >= 11 is 0. The van der Waals surface area contributed by atoms with Crippen LogP contribution in [0, 0.1) is 16.7 Å². The summed E-state index contributed by atoms with van der Waals surface area (Å²) in [6.07, 6.45) is 0.713. The molecule has 0 aliphatic carbocycles. The number of hydrogen-bond donors (Lipinski definition) is 1. The first kappa shape index (κ1) is 14.2. The maximum Gasteiger partial charge on any atom is 0.248 e. The molecule has 0 unspecified atom stereocenters. The molecule has 0 spiro atoms. The van der Waals surface area contributed by atoms with E-state index in [1.165, 1.54) is 0 Å². The number of amides is 1. The molecule has 0 bridgehead atoms. The number of carbonyl (C=O) groups is 1. The fourth-order valence-electron chi connectivity index (χ4n) is 1.72. The lowest BCUT2D eigenvalue weighted by Gasteiger charge is -2.20. The Morgan fingerprint density at radius 3 is 2.65 bits per heavy atom. The molecular weight excluding hydrogens is 256 g/mol. The van der Waals surface area contributed by atoms with Gasteiger partial charge in [0.1, 0.15) is 5.41 Å². The maximum atomic E-state index is 11.9. The number of nitrogens with one attached hydrogen (secondary N) is 1. The standard InChI is InChI=1S/C15H18N2O3/c1-5-15(4)19-11-7-6-10(8-12(11)20-15)17-13(18)14(2,3)9-16/h6-8H,5H2,1-4H3,(H,17,18)/t15-/m1/s1. The molecule has 5 nitrogen and oxygen atoms in total. The van der Waals surface area contributed by atoms with Crippen LogP contribution in [-0.4, -0.2) is 11.7 Å². The van der Waals surface area contributed by atoms with Crippen LogP contribution < -0.4 is 14.8 Å². The highest BCUT2D eigenvalue weighted by Crippen LogP contribution is 2.42. The number of nitriles is 1. The fraction of sp³-hybridized carbons (Fsp3) is 0.467. The molecule has 0 aromatic heterocycles. The van der Waals surface area contributed by atoms with Gasteiger partial charge in [0, 0.05) is 25.1 Å². The number of rotatable bonds is 3. The van der Waals surface area contributed by atoms with Crippen molar-refractivity contribution in [3.8, 4) is 17.6 Å². The quantitative estimate of drug-likeness (QED) is 0.919. The molecule has 1 heterocycles. The zero-order chi connectivity index (χ0) is 15.0. The minimum absolute atomic E-state index is 0.350. The minimum atomic E-state index is -1.08. The lowest BCUT2D eigenvalue weighted by atomic mass is 9.94. The van der Waals surface area contributed by atoms with Crippen molar-refractivity contribution in [2.45, 2.75) is 39.9 Å². The molecule has 5 heteroatoms. The van der Waals surface area contributed by atoms with E-state index < -0.39 is 11.2 Å². The molecule has 0 saturated heterocycles. The largest absolute Gasteiger partial charge is 0.449 e. The Morgan fingerprint density at radius 2 is 2.05 bits per heavy atom. The van der Waals surface area contributed by atoms with Crippen molar-refractivity contribution in [2.75, 3.05) is 5.32 Å². The second kappa shape index (κ2) is 4.71. The van der Waals surface area contributed by atoms with Gasteiger partial charge in [0.05, 0.1) is 6.07 Å². The van der Waals surface area contributed by atoms with Gasteiger partial charge in [0.15, 0.2) is 11.5 Å². The molecule has 2 rings (SSSR count). The summed E-state index contributed by atoms with van der Waals surface area (Å²) in [5.41, 5.74) is -0.491. The summed E-state index contributed by atoms with van der Waals surface area (Å²) in [6, 6.07) is 7.16. The van der Waals surface area contributed by atoms with E-state index in [4.69, 9.17) is 14.7 Å². The predicted octanol–water partition coefficient (Wildman–Crippen LogP) is 3.07. The number of hydrogen-bond acceptors (Lipinski definition) is 4. The van der Waals surface area contributed by atoms with Gasteiger partial charge in [0.2, 0.25) is 11.7 Å². The third-order valence-electron chi connectivity index (χ3n) is 3.34. The fourth-order valence-corrected chi connectivity index (χ4v) is 1.72. The Bertz CT molecular complexity index is 589. The third kappa shape index (κ3) is 2.55. The van der Waals surface area contributed by atoms with E-state index in [2.05, 4.69) is 5.32 Å². The van der Waals surface area contributed by atoms with Crippen LogP contribution >= 0.6 is 0 Å². The van der Waals surface area contributed by atoms with E-state index in [0.717, 1.165) is 0 Å². The Kier molecular flexibility index (Phi) is 3.34. The van der Waals surface area contributed by atoms with Crippen LogP contribution in [0.15, 0.2) is 18.2 Å². The SMILES string of the molecule is CC[C@]1(C)Oc2ccc(NC(=O)C(C)(C)C#N)cc2O1. The zero-order valence-corrected chi connectivity index (χ0v) is 12.1. The second-order valence-electron chi connectivity index (χ2n) is 5.54. The van der Waals surface area contributed by atoms with Crippen molar-refractivity contribution < 1.29 is 14.3 Å². The van der Waals surface area contributed by atoms with Crippen molar-refractivity contribution in [3.05, 3.63) is 18.2 Å². The van der Waals surface area contributed by atoms with Crippen molar-refractivity contribution in [1.82, 2.24) is 0 Å². The first-order valence-corrected chi connectivity index (χ1v) is 6.54. The van der Waals surface area contributed by atoms with Crippen LogP contribution in [0.2, 0.25) is 0 Å². The zero-order valence-electron chi connectivity index (χ0n) is 12.1. The van der Waals surface area contributed by atoms with Crippen LogP contribution in [0.4, 0.5) is 5.69 Å². The molecule has 106 valence electrons. The van der Waals surface area contributed by atoms with Crippen molar-refractivity contribution in [1.29, 1.82) is 5.26 Å². The molecule has 1 N–H and O–H groups in total. The van der Waals surface area contributed by atoms with Gasteiger partial charge in [-0.05, 0) is 26.0 Å². The number of benzene rings is 1. The Morgan fingerprint density at radius 1 is 1.40 bits per heavy atom.